The molecule has 0 aliphatic heterocycles. The maximum atomic E-state index is 13.1. The number of aromatic nitrogens is 1. The molecule has 8 nitrogen and oxygen atoms in total. The van der Waals surface area contributed by atoms with E-state index in [1.165, 1.54) is 33.3 Å². The fourth-order valence-electron chi connectivity index (χ4n) is 3.69. The van der Waals surface area contributed by atoms with Crippen LogP contribution in [0.15, 0.2) is 60.8 Å². The molecule has 2 aromatic carbocycles. The van der Waals surface area contributed by atoms with Gasteiger partial charge in [0.2, 0.25) is 0 Å². The van der Waals surface area contributed by atoms with Gasteiger partial charge in [-0.3, -0.25) is 4.79 Å². The predicted molar refractivity (Wildman–Crippen MR) is 128 cm³/mol. The van der Waals surface area contributed by atoms with E-state index in [1.807, 2.05) is 0 Å². The van der Waals surface area contributed by atoms with Crippen LogP contribution in [0.5, 0.6) is 11.5 Å². The Morgan fingerprint density at radius 1 is 0.900 bits per heavy atom. The summed E-state index contributed by atoms with van der Waals surface area (Å²) in [5, 5.41) is 13.3. The van der Waals surface area contributed by atoms with Gasteiger partial charge in [-0.2, -0.15) is 26.3 Å². The molecule has 0 aliphatic carbocycles. The first-order valence-electron chi connectivity index (χ1n) is 11.4. The van der Waals surface area contributed by atoms with Gasteiger partial charge >= 0.3 is 18.3 Å². The number of rotatable bonds is 8. The maximum absolute atomic E-state index is 13.1. The van der Waals surface area contributed by atoms with Crippen LogP contribution in [0.1, 0.15) is 45.7 Å². The van der Waals surface area contributed by atoms with Crippen molar-refractivity contribution in [2.45, 2.75) is 31.4 Å². The number of alkyl halides is 6. The fourth-order valence-corrected chi connectivity index (χ4v) is 3.69. The van der Waals surface area contributed by atoms with E-state index in [9.17, 15) is 41.0 Å². The molecule has 0 aliphatic rings. The van der Waals surface area contributed by atoms with E-state index in [4.69, 9.17) is 9.57 Å². The number of nitrogens with one attached hydrogen (secondary N) is 1. The van der Waals surface area contributed by atoms with E-state index in [1.54, 1.807) is 0 Å². The van der Waals surface area contributed by atoms with Gasteiger partial charge in [0.15, 0.2) is 17.2 Å². The minimum atomic E-state index is -4.62. The summed E-state index contributed by atoms with van der Waals surface area (Å²) in [5.74, 6) is -2.57. The summed E-state index contributed by atoms with van der Waals surface area (Å²) in [5.41, 5.74) is -1.99. The van der Waals surface area contributed by atoms with Gasteiger partial charge in [0.25, 0.3) is 5.91 Å². The number of amides is 1. The molecule has 1 atom stereocenters. The van der Waals surface area contributed by atoms with Crippen LogP contribution in [-0.4, -0.2) is 47.2 Å². The Bertz CT molecular complexity index is 1290. The fraction of sp³-hybridized carbons (Fsp3) is 0.269. The summed E-state index contributed by atoms with van der Waals surface area (Å²) < 4.78 is 83.3. The highest BCUT2D eigenvalue weighted by molar-refractivity contribution is 5.97. The van der Waals surface area contributed by atoms with Crippen molar-refractivity contribution in [3.63, 3.8) is 0 Å². The minimum absolute atomic E-state index is 0.0361. The smallest absolute Gasteiger partial charge is 0.416 e. The topological polar surface area (TPSA) is 101 Å². The Hall–Kier alpha value is -4.33. The molecule has 3 rings (SSSR count). The number of aromatic hydroxyl groups is 1. The third kappa shape index (κ3) is 7.00. The van der Waals surface area contributed by atoms with E-state index in [0.29, 0.717) is 0 Å². The van der Waals surface area contributed by atoms with Crippen molar-refractivity contribution in [2.24, 2.45) is 0 Å². The Labute approximate surface area is 224 Å². The summed E-state index contributed by atoms with van der Waals surface area (Å²) in [6.07, 6.45) is -8.05. The van der Waals surface area contributed by atoms with Gasteiger partial charge in [-0.25, -0.2) is 9.78 Å². The molecular weight excluding hydrogens is 548 g/mol. The molecular formula is C26H23F6N3O5. The van der Waals surface area contributed by atoms with Crippen LogP contribution < -0.4 is 10.1 Å². The molecule has 0 radical (unpaired) electrons. The highest BCUT2D eigenvalue weighted by atomic mass is 19.4. The molecule has 14 heteroatoms. The zero-order valence-corrected chi connectivity index (χ0v) is 21.2. The molecule has 2 N–H and O–H groups in total. The van der Waals surface area contributed by atoms with Crippen molar-refractivity contribution in [1.29, 1.82) is 0 Å². The Morgan fingerprint density at radius 2 is 1.38 bits per heavy atom. The van der Waals surface area contributed by atoms with E-state index >= 15 is 0 Å². The largest absolute Gasteiger partial charge is 0.503 e. The lowest BCUT2D eigenvalue weighted by molar-refractivity contribution is -0.193. The van der Waals surface area contributed by atoms with Crippen molar-refractivity contribution in [3.05, 3.63) is 88.7 Å². The second-order valence-corrected chi connectivity index (χ2v) is 8.50. The van der Waals surface area contributed by atoms with Crippen LogP contribution in [0.3, 0.4) is 0 Å². The molecule has 0 saturated heterocycles. The lowest BCUT2D eigenvalue weighted by Gasteiger charge is -2.29. The molecule has 40 heavy (non-hydrogen) atoms. The molecule has 0 saturated carbocycles. The number of ether oxygens (including phenoxy) is 1. The number of halogens is 6. The van der Waals surface area contributed by atoms with Crippen molar-refractivity contribution in [1.82, 2.24) is 15.4 Å². The minimum Gasteiger partial charge on any atom is -0.503 e. The summed E-state index contributed by atoms with van der Waals surface area (Å²) in [6.45, 7) is 1.26. The molecule has 1 heterocycles. The van der Waals surface area contributed by atoms with Gasteiger partial charge in [0.05, 0.1) is 24.3 Å². The van der Waals surface area contributed by atoms with Gasteiger partial charge in [-0.05, 0) is 42.3 Å². The first-order chi connectivity index (χ1) is 18.6. The summed E-state index contributed by atoms with van der Waals surface area (Å²) in [4.78, 5) is 34.4. The van der Waals surface area contributed by atoms with Gasteiger partial charge in [-0.15, -0.1) is 5.06 Å². The van der Waals surface area contributed by atoms with Crippen molar-refractivity contribution in [3.8, 4) is 11.5 Å². The van der Waals surface area contributed by atoms with Crippen molar-refractivity contribution >= 4 is 11.9 Å². The highest BCUT2D eigenvalue weighted by Crippen LogP contribution is 2.35. The monoisotopic (exact) mass is 571 g/mol. The SMILES string of the molecule is COc1ccnc(C(=O)NC(C)C(=O)ON(C)C(c2ccc(C(F)(F)F)cc2)c2ccc(C(F)(F)F)cc2)c1O. The second kappa shape index (κ2) is 11.8. The number of hydrogen-bond acceptors (Lipinski definition) is 7. The van der Waals surface area contributed by atoms with Crippen LogP contribution in [0.2, 0.25) is 0 Å². The zero-order chi connectivity index (χ0) is 29.8. The van der Waals surface area contributed by atoms with Crippen LogP contribution in [-0.2, 0) is 22.0 Å². The number of carbonyl (C=O) groups excluding carboxylic acids is 2. The third-order valence-electron chi connectivity index (χ3n) is 5.73. The lowest BCUT2D eigenvalue weighted by Crippen LogP contribution is -2.42. The number of pyridine rings is 1. The molecule has 0 fully saturated rings. The number of hydrogen-bond donors (Lipinski definition) is 2. The molecule has 214 valence electrons. The van der Waals surface area contributed by atoms with Gasteiger partial charge in [0.1, 0.15) is 6.04 Å². The lowest BCUT2D eigenvalue weighted by atomic mass is 9.96. The van der Waals surface area contributed by atoms with E-state index in [2.05, 4.69) is 10.3 Å². The summed E-state index contributed by atoms with van der Waals surface area (Å²) in [6, 6.07) is 6.46. The van der Waals surface area contributed by atoms with E-state index < -0.39 is 58.9 Å². The molecule has 0 spiro atoms. The number of methoxy groups -OCH3 is 1. The normalized spacial score (nSPS) is 12.8. The Balaban J connectivity index is 1.85. The average molecular weight is 571 g/mol. The average Bonchev–Trinajstić information content (AvgIpc) is 2.88. The summed E-state index contributed by atoms with van der Waals surface area (Å²) in [7, 11) is 2.51. The molecule has 1 amide bonds. The molecule has 0 bridgehead atoms. The van der Waals surface area contributed by atoms with Crippen molar-refractivity contribution < 1.29 is 50.6 Å². The number of hydroxylamine groups is 2. The third-order valence-corrected chi connectivity index (χ3v) is 5.73. The Kier molecular flexibility index (Phi) is 8.93. The molecule has 1 aromatic heterocycles. The van der Waals surface area contributed by atoms with Crippen LogP contribution >= 0.6 is 0 Å². The predicted octanol–water partition coefficient (Wildman–Crippen LogP) is 5.13. The second-order valence-electron chi connectivity index (χ2n) is 8.50. The standard InChI is InChI=1S/C26H23F6N3O5/c1-14(34-23(37)20-22(36)19(39-3)12-13-33-20)24(38)40-35(2)21(15-4-8-17(9-5-15)25(27,28)29)16-6-10-18(11-7-16)26(30,31)32/h4-14,21,36H,1-3H3,(H,34,37). The first kappa shape index (κ1) is 30.2. The highest BCUT2D eigenvalue weighted by Gasteiger charge is 2.33. The van der Waals surface area contributed by atoms with Crippen molar-refractivity contribution in [2.75, 3.05) is 14.2 Å². The Morgan fingerprint density at radius 3 is 1.80 bits per heavy atom. The van der Waals surface area contributed by atoms with Crippen LogP contribution in [0.25, 0.3) is 0 Å². The first-order valence-corrected chi connectivity index (χ1v) is 11.4. The number of benzene rings is 2. The zero-order valence-electron chi connectivity index (χ0n) is 21.2. The quantitative estimate of drug-likeness (QED) is 0.286. The van der Waals surface area contributed by atoms with Crippen LogP contribution in [0.4, 0.5) is 26.3 Å². The van der Waals surface area contributed by atoms with Gasteiger partial charge in [-0.1, -0.05) is 24.3 Å². The molecule has 3 aromatic rings. The maximum Gasteiger partial charge on any atom is 0.416 e. The van der Waals surface area contributed by atoms with Crippen LogP contribution in [0, 0.1) is 0 Å². The summed E-state index contributed by atoms with van der Waals surface area (Å²) >= 11 is 0. The number of carbonyl (C=O) groups is 2. The van der Waals surface area contributed by atoms with Gasteiger partial charge in [0, 0.05) is 19.3 Å². The van der Waals surface area contributed by atoms with Gasteiger partial charge < -0.3 is 20.0 Å². The molecule has 1 unspecified atom stereocenters. The van der Waals surface area contributed by atoms with E-state index in [0.717, 1.165) is 53.6 Å². The van der Waals surface area contributed by atoms with E-state index in [-0.39, 0.29) is 16.9 Å². The number of nitrogens with zero attached hydrogens (tertiary/aromatic N) is 2.